The molecule has 0 unspecified atom stereocenters. The number of nitrogens with one attached hydrogen (secondary N) is 1. The summed E-state index contributed by atoms with van der Waals surface area (Å²) in [6.07, 6.45) is -3.19. The molecular formula is C19H22BrN7O7S. The number of amides is 1. The lowest BCUT2D eigenvalue weighted by atomic mass is 10.1. The summed E-state index contributed by atoms with van der Waals surface area (Å²) >= 11 is 3.30. The number of nitrogen functional groups attached to an aromatic ring is 1. The van der Waals surface area contributed by atoms with E-state index in [1.54, 1.807) is 29.0 Å². The molecule has 0 bridgehead atoms. The van der Waals surface area contributed by atoms with Gasteiger partial charge in [-0.2, -0.15) is 8.42 Å². The van der Waals surface area contributed by atoms with Crippen molar-refractivity contribution in [3.63, 3.8) is 0 Å². The van der Waals surface area contributed by atoms with Gasteiger partial charge in [0.2, 0.25) is 5.91 Å². The Kier molecular flexibility index (Phi) is 7.32. The molecule has 1 aromatic carbocycles. The Hall–Kier alpha value is -2.73. The molecule has 0 radical (unpaired) electrons. The normalized spacial score (nSPS) is 23.4. The van der Waals surface area contributed by atoms with Gasteiger partial charge in [-0.25, -0.2) is 19.7 Å². The van der Waals surface area contributed by atoms with Crippen LogP contribution in [0.15, 0.2) is 41.4 Å². The van der Waals surface area contributed by atoms with E-state index in [1.807, 2.05) is 0 Å². The summed E-state index contributed by atoms with van der Waals surface area (Å²) < 4.78 is 38.7. The van der Waals surface area contributed by atoms with E-state index in [9.17, 15) is 23.4 Å². The molecule has 14 nitrogen and oxygen atoms in total. The number of hydrogen-bond acceptors (Lipinski definition) is 12. The second-order valence-electron chi connectivity index (χ2n) is 7.76. The van der Waals surface area contributed by atoms with Crippen LogP contribution in [0.5, 0.6) is 0 Å². The number of ether oxygens (including phenoxy) is 1. The van der Waals surface area contributed by atoms with E-state index >= 15 is 0 Å². The van der Waals surface area contributed by atoms with Crippen LogP contribution in [-0.4, -0.2) is 69.0 Å². The number of anilines is 1. The van der Waals surface area contributed by atoms with Gasteiger partial charge in [0, 0.05) is 16.9 Å². The lowest BCUT2D eigenvalue weighted by molar-refractivity contribution is -0.119. The van der Waals surface area contributed by atoms with Crippen molar-refractivity contribution in [2.45, 2.75) is 37.0 Å². The van der Waals surface area contributed by atoms with E-state index in [1.165, 1.54) is 17.2 Å². The van der Waals surface area contributed by atoms with Gasteiger partial charge in [0.15, 0.2) is 17.7 Å². The number of hydrogen-bond donors (Lipinski definition) is 5. The topological polar surface area (TPSA) is 218 Å². The fourth-order valence-electron chi connectivity index (χ4n) is 3.57. The number of nitrogens with zero attached hydrogens (tertiary/aromatic N) is 4. The number of aliphatic hydroxyl groups excluding tert-OH is 2. The average molecular weight is 572 g/mol. The zero-order chi connectivity index (χ0) is 25.3. The predicted octanol–water partition coefficient (Wildman–Crippen LogP) is -0.742. The van der Waals surface area contributed by atoms with Crippen LogP contribution in [0.4, 0.5) is 5.82 Å². The second kappa shape index (κ2) is 10.1. The average Bonchev–Trinajstić information content (AvgIpc) is 3.34. The monoisotopic (exact) mass is 571 g/mol. The van der Waals surface area contributed by atoms with E-state index in [4.69, 9.17) is 20.4 Å². The van der Waals surface area contributed by atoms with Gasteiger partial charge in [-0.1, -0.05) is 28.1 Å². The molecule has 5 atom stereocenters. The maximum atomic E-state index is 12.2. The lowest BCUT2D eigenvalue weighted by Crippen LogP contribution is -2.38. The maximum absolute atomic E-state index is 12.2. The molecule has 1 saturated heterocycles. The highest BCUT2D eigenvalue weighted by molar-refractivity contribution is 9.10. The molecule has 0 saturated carbocycles. The van der Waals surface area contributed by atoms with Gasteiger partial charge in [-0.05, 0) is 17.7 Å². The van der Waals surface area contributed by atoms with Crippen molar-refractivity contribution in [3.8, 4) is 0 Å². The fourth-order valence-corrected chi connectivity index (χ4v) is 4.73. The zero-order valence-electron chi connectivity index (χ0n) is 17.9. The zero-order valence-corrected chi connectivity index (χ0v) is 20.3. The van der Waals surface area contributed by atoms with Crippen molar-refractivity contribution in [1.29, 1.82) is 0 Å². The van der Waals surface area contributed by atoms with Gasteiger partial charge in [-0.3, -0.25) is 13.5 Å². The molecule has 4 rings (SSSR count). The van der Waals surface area contributed by atoms with Gasteiger partial charge in [0.05, 0.1) is 12.9 Å². The molecule has 1 fully saturated rings. The maximum Gasteiger partial charge on any atom is 0.362 e. The predicted molar refractivity (Wildman–Crippen MR) is 124 cm³/mol. The highest BCUT2D eigenvalue weighted by Crippen LogP contribution is 2.32. The summed E-state index contributed by atoms with van der Waals surface area (Å²) in [5.41, 5.74) is 12.9. The number of fused-ring (bicyclic) bond motifs is 1. The Morgan fingerprint density at radius 2 is 2.06 bits per heavy atom. The van der Waals surface area contributed by atoms with Crippen LogP contribution in [0.1, 0.15) is 24.3 Å². The Labute approximate surface area is 207 Å². The minimum Gasteiger partial charge on any atom is -0.387 e. The number of rotatable bonds is 8. The van der Waals surface area contributed by atoms with E-state index < -0.39 is 53.4 Å². The minimum atomic E-state index is -4.55. The molecule has 16 heteroatoms. The molecule has 3 heterocycles. The second-order valence-corrected chi connectivity index (χ2v) is 10.0. The molecular weight excluding hydrogens is 550 g/mol. The summed E-state index contributed by atoms with van der Waals surface area (Å²) in [6.45, 7) is -0.682. The largest absolute Gasteiger partial charge is 0.387 e. The highest BCUT2D eigenvalue weighted by atomic mass is 79.9. The molecule has 1 amide bonds. The number of carbonyl (C=O) groups excluding carboxylic acids is 1. The molecule has 1 aliphatic heterocycles. The first-order valence-electron chi connectivity index (χ1n) is 10.2. The van der Waals surface area contributed by atoms with Gasteiger partial charge in [-0.15, -0.1) is 0 Å². The van der Waals surface area contributed by atoms with Gasteiger partial charge >= 0.3 is 10.3 Å². The van der Waals surface area contributed by atoms with Crippen LogP contribution < -0.4 is 16.2 Å². The standard InChI is InChI=1S/C19H22BrN7O7S/c20-10-3-1-2-9(4-10)11(21)5-13(28)26-35(31,32)33-6-12-15(29)16(30)19(34-12)27-8-25-14-17(22)23-7-24-18(14)27/h1-4,7-8,11-12,15-16,19,29-30H,5-6,21H2,(H,26,28)(H2,22,23,24)/t11-,12+,15+,16+,19+/m0/s1. The number of aliphatic hydroxyl groups is 2. The smallest absolute Gasteiger partial charge is 0.362 e. The molecule has 0 aliphatic carbocycles. The van der Waals surface area contributed by atoms with Crippen LogP contribution in [-0.2, 0) is 24.0 Å². The number of aromatic nitrogens is 4. The molecule has 188 valence electrons. The van der Waals surface area contributed by atoms with Crippen LogP contribution >= 0.6 is 15.9 Å². The van der Waals surface area contributed by atoms with Crippen LogP contribution in [0.25, 0.3) is 11.2 Å². The molecule has 35 heavy (non-hydrogen) atoms. The fraction of sp³-hybridized carbons (Fsp3) is 0.368. The first-order chi connectivity index (χ1) is 16.6. The van der Waals surface area contributed by atoms with Crippen molar-refractivity contribution < 1.29 is 32.3 Å². The quantitative estimate of drug-likeness (QED) is 0.225. The van der Waals surface area contributed by atoms with E-state index in [2.05, 4.69) is 30.9 Å². The van der Waals surface area contributed by atoms with Crippen molar-refractivity contribution >= 4 is 49.1 Å². The molecule has 1 aliphatic rings. The highest BCUT2D eigenvalue weighted by Gasteiger charge is 2.45. The minimum absolute atomic E-state index is 0.114. The number of nitrogens with two attached hydrogens (primary N) is 2. The van der Waals surface area contributed by atoms with E-state index in [0.29, 0.717) is 5.56 Å². The Balaban J connectivity index is 1.36. The number of carbonyl (C=O) groups is 1. The van der Waals surface area contributed by atoms with Crippen LogP contribution in [0, 0.1) is 0 Å². The molecule has 3 aromatic rings. The Morgan fingerprint density at radius 3 is 2.80 bits per heavy atom. The SMILES string of the molecule is Nc1ncnc2c1ncn2[C@@H]1O[C@H](COS(=O)(=O)NC(=O)C[C@H](N)c2cccc(Br)c2)[C@@H](O)[C@H]1O. The third-order valence-corrected chi connectivity index (χ3v) is 6.72. The number of halogens is 1. The molecule has 7 N–H and O–H groups in total. The first-order valence-corrected chi connectivity index (χ1v) is 12.4. The lowest BCUT2D eigenvalue weighted by Gasteiger charge is -2.16. The van der Waals surface area contributed by atoms with Crippen LogP contribution in [0.2, 0.25) is 0 Å². The number of benzene rings is 1. The summed E-state index contributed by atoms with van der Waals surface area (Å²) in [4.78, 5) is 24.1. The van der Waals surface area contributed by atoms with Crippen molar-refractivity contribution in [2.24, 2.45) is 5.73 Å². The summed E-state index contributed by atoms with van der Waals surface area (Å²) in [5.74, 6) is -0.770. The van der Waals surface area contributed by atoms with Crippen LogP contribution in [0.3, 0.4) is 0 Å². The summed E-state index contributed by atoms with van der Waals surface area (Å²) in [7, 11) is -4.55. The number of imidazole rings is 1. The van der Waals surface area contributed by atoms with Gasteiger partial charge in [0.25, 0.3) is 0 Å². The third kappa shape index (κ3) is 5.58. The van der Waals surface area contributed by atoms with Crippen molar-refractivity contribution in [3.05, 3.63) is 47.0 Å². The van der Waals surface area contributed by atoms with Crippen molar-refractivity contribution in [2.75, 3.05) is 12.3 Å². The van der Waals surface area contributed by atoms with E-state index in [-0.39, 0.29) is 23.4 Å². The Morgan fingerprint density at radius 1 is 1.29 bits per heavy atom. The van der Waals surface area contributed by atoms with Gasteiger partial charge in [0.1, 0.15) is 30.2 Å². The Bertz CT molecular complexity index is 1340. The third-order valence-electron chi connectivity index (χ3n) is 5.31. The van der Waals surface area contributed by atoms with E-state index in [0.717, 1.165) is 4.47 Å². The molecule has 0 spiro atoms. The summed E-state index contributed by atoms with van der Waals surface area (Å²) in [5, 5.41) is 20.8. The van der Waals surface area contributed by atoms with Crippen molar-refractivity contribution in [1.82, 2.24) is 24.2 Å². The van der Waals surface area contributed by atoms with Gasteiger partial charge < -0.3 is 26.4 Å². The summed E-state index contributed by atoms with van der Waals surface area (Å²) in [6, 6.07) is 6.20. The first kappa shape index (κ1) is 25.4. The molecule has 2 aromatic heterocycles.